The Bertz CT molecular complexity index is 1200. The summed E-state index contributed by atoms with van der Waals surface area (Å²) in [6.07, 6.45) is 6.46. The summed E-state index contributed by atoms with van der Waals surface area (Å²) < 4.78 is 8.94. The fraction of sp³-hybridized carbons (Fsp3) is 0.304. The van der Waals surface area contributed by atoms with Crippen molar-refractivity contribution in [2.24, 2.45) is 7.05 Å². The lowest BCUT2D eigenvalue weighted by Crippen LogP contribution is -2.10. The molecule has 0 amide bonds. The molecule has 4 aromatic rings. The molecule has 0 radical (unpaired) electrons. The Labute approximate surface area is 180 Å². The molecule has 5 rings (SSSR count). The second-order valence-corrected chi connectivity index (χ2v) is 7.70. The highest BCUT2D eigenvalue weighted by atomic mass is 16.5. The van der Waals surface area contributed by atoms with Crippen molar-refractivity contribution in [3.8, 4) is 11.3 Å². The summed E-state index contributed by atoms with van der Waals surface area (Å²) in [5.74, 6) is 1.25. The van der Waals surface area contributed by atoms with Gasteiger partial charge < -0.3 is 10.1 Å². The van der Waals surface area contributed by atoms with Gasteiger partial charge in [0.15, 0.2) is 5.82 Å². The molecular weight excluding hydrogens is 390 g/mol. The number of fused-ring (bicyclic) bond motifs is 3. The van der Waals surface area contributed by atoms with E-state index in [4.69, 9.17) is 14.8 Å². The van der Waals surface area contributed by atoms with E-state index < -0.39 is 0 Å². The zero-order valence-electron chi connectivity index (χ0n) is 17.7. The van der Waals surface area contributed by atoms with Gasteiger partial charge in [-0.3, -0.25) is 9.36 Å². The Kier molecular flexibility index (Phi) is 5.21. The molecule has 0 spiro atoms. The average molecular weight is 416 g/mol. The van der Waals surface area contributed by atoms with Crippen LogP contribution in [-0.4, -0.2) is 43.2 Å². The van der Waals surface area contributed by atoms with Crippen LogP contribution in [-0.2, 0) is 37.6 Å². The van der Waals surface area contributed by atoms with Crippen molar-refractivity contribution in [3.63, 3.8) is 0 Å². The van der Waals surface area contributed by atoms with Crippen LogP contribution in [0.15, 0.2) is 48.8 Å². The Balaban J connectivity index is 1.46. The van der Waals surface area contributed by atoms with Gasteiger partial charge in [-0.05, 0) is 24.0 Å². The molecule has 1 aliphatic rings. The maximum absolute atomic E-state index is 5.11. The summed E-state index contributed by atoms with van der Waals surface area (Å²) in [7, 11) is 3.70. The number of aromatic nitrogens is 6. The molecule has 1 aliphatic carbocycles. The van der Waals surface area contributed by atoms with Crippen LogP contribution in [0, 0.1) is 0 Å². The van der Waals surface area contributed by atoms with Crippen LogP contribution in [0.5, 0.6) is 0 Å². The van der Waals surface area contributed by atoms with Gasteiger partial charge >= 0.3 is 0 Å². The van der Waals surface area contributed by atoms with Crippen LogP contribution < -0.4 is 5.32 Å². The molecule has 8 nitrogen and oxygen atoms in total. The maximum Gasteiger partial charge on any atom is 0.228 e. The quantitative estimate of drug-likeness (QED) is 0.499. The third-order valence-corrected chi connectivity index (χ3v) is 5.59. The SMILES string of the molecule is COCCn1ccc(Nc2ncc3c(n2)-c2c(nn(C)c2Cc2ccccc2)CC3)n1. The molecular formula is C23H25N7O. The molecule has 0 unspecified atom stereocenters. The Hall–Kier alpha value is -3.52. The molecule has 31 heavy (non-hydrogen) atoms. The van der Waals surface area contributed by atoms with E-state index in [9.17, 15) is 0 Å². The van der Waals surface area contributed by atoms with E-state index in [-0.39, 0.29) is 0 Å². The van der Waals surface area contributed by atoms with Crippen LogP contribution in [0.1, 0.15) is 22.5 Å². The number of hydrogen-bond donors (Lipinski definition) is 1. The topological polar surface area (TPSA) is 82.7 Å². The first-order chi connectivity index (χ1) is 15.2. The van der Waals surface area contributed by atoms with Crippen molar-refractivity contribution < 1.29 is 4.74 Å². The summed E-state index contributed by atoms with van der Waals surface area (Å²) >= 11 is 0. The highest BCUT2D eigenvalue weighted by molar-refractivity contribution is 5.72. The summed E-state index contributed by atoms with van der Waals surface area (Å²) in [6, 6.07) is 12.4. The van der Waals surface area contributed by atoms with Gasteiger partial charge in [0.2, 0.25) is 5.95 Å². The van der Waals surface area contributed by atoms with Crippen LogP contribution in [0.3, 0.4) is 0 Å². The normalized spacial score (nSPS) is 12.5. The largest absolute Gasteiger partial charge is 0.383 e. The first-order valence-electron chi connectivity index (χ1n) is 10.5. The first kappa shape index (κ1) is 19.4. The minimum absolute atomic E-state index is 0.540. The van der Waals surface area contributed by atoms with Gasteiger partial charge in [0.1, 0.15) is 0 Å². The summed E-state index contributed by atoms with van der Waals surface area (Å²) in [4.78, 5) is 9.42. The van der Waals surface area contributed by atoms with Gasteiger partial charge in [-0.25, -0.2) is 9.97 Å². The third kappa shape index (κ3) is 3.94. The predicted molar refractivity (Wildman–Crippen MR) is 118 cm³/mol. The van der Waals surface area contributed by atoms with Gasteiger partial charge in [0.05, 0.1) is 30.2 Å². The van der Waals surface area contributed by atoms with E-state index in [0.29, 0.717) is 24.9 Å². The zero-order valence-corrected chi connectivity index (χ0v) is 17.7. The molecule has 0 bridgehead atoms. The van der Waals surface area contributed by atoms with E-state index in [1.807, 2.05) is 40.9 Å². The number of hydrogen-bond acceptors (Lipinski definition) is 6. The number of methoxy groups -OCH3 is 1. The smallest absolute Gasteiger partial charge is 0.228 e. The monoisotopic (exact) mass is 415 g/mol. The number of aryl methyl sites for hydroxylation is 3. The number of nitrogens with one attached hydrogen (secondary N) is 1. The standard InChI is InChI=1S/C23H25N7O/c1-29-19(14-16-6-4-3-5-7-16)21-18(27-29)9-8-17-15-24-23(26-22(17)21)25-20-10-11-30(28-20)12-13-31-2/h3-7,10-11,15H,8-9,12-14H2,1-2H3,(H,24,25,26,28). The van der Waals surface area contributed by atoms with Crippen molar-refractivity contribution in [2.75, 3.05) is 19.0 Å². The first-order valence-corrected chi connectivity index (χ1v) is 10.5. The highest BCUT2D eigenvalue weighted by Gasteiger charge is 2.26. The van der Waals surface area contributed by atoms with Crippen molar-refractivity contribution in [1.29, 1.82) is 0 Å². The minimum atomic E-state index is 0.540. The van der Waals surface area contributed by atoms with E-state index in [1.165, 1.54) is 11.3 Å². The molecule has 3 aromatic heterocycles. The molecule has 0 saturated heterocycles. The summed E-state index contributed by atoms with van der Waals surface area (Å²) in [5.41, 5.74) is 6.81. The van der Waals surface area contributed by atoms with Crippen LogP contribution in [0.4, 0.5) is 11.8 Å². The molecule has 1 N–H and O–H groups in total. The Morgan fingerprint density at radius 3 is 2.81 bits per heavy atom. The summed E-state index contributed by atoms with van der Waals surface area (Å²) in [6.45, 7) is 1.32. The van der Waals surface area contributed by atoms with Crippen LogP contribution >= 0.6 is 0 Å². The molecule has 0 atom stereocenters. The van der Waals surface area contributed by atoms with Crippen LogP contribution in [0.25, 0.3) is 11.3 Å². The number of ether oxygens (including phenoxy) is 1. The second-order valence-electron chi connectivity index (χ2n) is 7.70. The fourth-order valence-corrected chi connectivity index (χ4v) is 4.03. The lowest BCUT2D eigenvalue weighted by atomic mass is 9.91. The number of anilines is 2. The average Bonchev–Trinajstić information content (AvgIpc) is 3.37. The molecule has 0 saturated carbocycles. The van der Waals surface area contributed by atoms with Crippen molar-refractivity contribution in [1.82, 2.24) is 29.5 Å². The summed E-state index contributed by atoms with van der Waals surface area (Å²) in [5, 5.41) is 12.5. The molecule has 0 fully saturated rings. The van der Waals surface area contributed by atoms with Gasteiger partial charge in [0.25, 0.3) is 0 Å². The molecule has 158 valence electrons. The van der Waals surface area contributed by atoms with Gasteiger partial charge in [-0.15, -0.1) is 0 Å². The van der Waals surface area contributed by atoms with E-state index in [2.05, 4.69) is 39.7 Å². The fourth-order valence-electron chi connectivity index (χ4n) is 4.03. The van der Waals surface area contributed by atoms with E-state index in [0.717, 1.165) is 41.8 Å². The molecule has 3 heterocycles. The highest BCUT2D eigenvalue weighted by Crippen LogP contribution is 2.35. The molecule has 8 heteroatoms. The van der Waals surface area contributed by atoms with Gasteiger partial charge in [0, 0.05) is 44.6 Å². The minimum Gasteiger partial charge on any atom is -0.383 e. The van der Waals surface area contributed by atoms with Crippen molar-refractivity contribution in [3.05, 3.63) is 71.3 Å². The lowest BCUT2D eigenvalue weighted by Gasteiger charge is -2.16. The Morgan fingerprint density at radius 1 is 1.10 bits per heavy atom. The molecule has 0 aliphatic heterocycles. The Morgan fingerprint density at radius 2 is 1.97 bits per heavy atom. The van der Waals surface area contributed by atoms with Crippen molar-refractivity contribution in [2.45, 2.75) is 25.8 Å². The lowest BCUT2D eigenvalue weighted by molar-refractivity contribution is 0.183. The predicted octanol–water partition coefficient (Wildman–Crippen LogP) is 3.15. The van der Waals surface area contributed by atoms with Crippen LogP contribution in [0.2, 0.25) is 0 Å². The van der Waals surface area contributed by atoms with E-state index in [1.54, 1.807) is 7.11 Å². The van der Waals surface area contributed by atoms with Gasteiger partial charge in [-0.1, -0.05) is 30.3 Å². The number of nitrogens with zero attached hydrogens (tertiary/aromatic N) is 6. The number of rotatable bonds is 7. The zero-order chi connectivity index (χ0) is 21.2. The maximum atomic E-state index is 5.11. The second kappa shape index (κ2) is 8.31. The van der Waals surface area contributed by atoms with Gasteiger partial charge in [-0.2, -0.15) is 10.2 Å². The van der Waals surface area contributed by atoms with E-state index >= 15 is 0 Å². The third-order valence-electron chi connectivity index (χ3n) is 5.59. The molecule has 1 aromatic carbocycles. The number of benzene rings is 1. The van der Waals surface area contributed by atoms with Crippen molar-refractivity contribution >= 4 is 11.8 Å².